The number of rotatable bonds is 8. The lowest BCUT2D eigenvalue weighted by Crippen LogP contribution is -2.19. The average molecular weight is 499 g/mol. The van der Waals surface area contributed by atoms with Crippen molar-refractivity contribution in [3.63, 3.8) is 0 Å². The molecule has 0 aliphatic rings. The number of nitrogens with zero attached hydrogens (tertiary/aromatic N) is 2. The van der Waals surface area contributed by atoms with Gasteiger partial charge in [0.15, 0.2) is 16.6 Å². The molecule has 0 unspecified atom stereocenters. The number of hydrazone groups is 1. The highest BCUT2D eigenvalue weighted by molar-refractivity contribution is 7.13. The highest BCUT2D eigenvalue weighted by Crippen LogP contribution is 2.35. The predicted molar refractivity (Wildman–Crippen MR) is 121 cm³/mol. The zero-order valence-corrected chi connectivity index (χ0v) is 18.7. The third kappa shape index (κ3) is 6.83. The first kappa shape index (κ1) is 24.3. The van der Waals surface area contributed by atoms with E-state index in [1.807, 2.05) is 0 Å². The van der Waals surface area contributed by atoms with Crippen LogP contribution in [0.2, 0.25) is 5.02 Å². The highest BCUT2D eigenvalue weighted by atomic mass is 35.5. The van der Waals surface area contributed by atoms with Gasteiger partial charge in [-0.05, 0) is 42.8 Å². The molecule has 1 amide bonds. The van der Waals surface area contributed by atoms with Crippen LogP contribution in [0.15, 0.2) is 46.9 Å². The molecule has 0 radical (unpaired) electrons. The van der Waals surface area contributed by atoms with Crippen LogP contribution in [0.1, 0.15) is 23.7 Å². The van der Waals surface area contributed by atoms with Crippen molar-refractivity contribution in [1.82, 2.24) is 10.4 Å². The SMILES string of the molecule is CCOc1cc(C=NNC(=O)Cc2csc(Nc3cccc(C(F)(F)F)c3)n2)cc(Cl)c1O. The molecule has 3 rings (SSSR count). The normalized spacial score (nSPS) is 11.5. The van der Waals surface area contributed by atoms with Gasteiger partial charge in [-0.2, -0.15) is 18.3 Å². The summed E-state index contributed by atoms with van der Waals surface area (Å²) in [5.41, 5.74) is 2.74. The molecule has 0 aliphatic carbocycles. The van der Waals surface area contributed by atoms with Crippen molar-refractivity contribution in [2.24, 2.45) is 5.10 Å². The quantitative estimate of drug-likeness (QED) is 0.287. The van der Waals surface area contributed by atoms with Crippen LogP contribution >= 0.6 is 22.9 Å². The van der Waals surface area contributed by atoms with Gasteiger partial charge in [-0.3, -0.25) is 4.79 Å². The van der Waals surface area contributed by atoms with Gasteiger partial charge in [0, 0.05) is 11.1 Å². The number of ether oxygens (including phenoxy) is 1. The van der Waals surface area contributed by atoms with Gasteiger partial charge in [0.1, 0.15) is 0 Å². The van der Waals surface area contributed by atoms with Gasteiger partial charge in [0.25, 0.3) is 0 Å². The van der Waals surface area contributed by atoms with E-state index in [-0.39, 0.29) is 28.6 Å². The minimum absolute atomic E-state index is 0.0806. The summed E-state index contributed by atoms with van der Waals surface area (Å²) in [6, 6.07) is 7.73. The standard InChI is InChI=1S/C21H18ClF3N4O3S/c1-2-32-17-7-12(6-16(22)19(17)31)10-26-29-18(30)9-15-11-33-20(28-15)27-14-5-3-4-13(8-14)21(23,24)25/h3-8,10-11,31H,2,9H2,1H3,(H,27,28)(H,29,30). The number of aromatic hydroxyl groups is 1. The number of alkyl halides is 3. The number of carbonyl (C=O) groups excluding carboxylic acids is 1. The van der Waals surface area contributed by atoms with Crippen molar-refractivity contribution >= 4 is 45.9 Å². The monoisotopic (exact) mass is 498 g/mol. The Bertz CT molecular complexity index is 1170. The van der Waals surface area contributed by atoms with Crippen LogP contribution in [0.5, 0.6) is 11.5 Å². The summed E-state index contributed by atoms with van der Waals surface area (Å²) in [6.07, 6.45) is -3.19. The van der Waals surface area contributed by atoms with Crippen molar-refractivity contribution in [2.45, 2.75) is 19.5 Å². The second-order valence-electron chi connectivity index (χ2n) is 6.60. The number of amides is 1. The molecule has 1 aromatic heterocycles. The van der Waals surface area contributed by atoms with Gasteiger partial charge >= 0.3 is 6.18 Å². The van der Waals surface area contributed by atoms with Crippen molar-refractivity contribution in [1.29, 1.82) is 0 Å². The molecule has 3 aromatic rings. The van der Waals surface area contributed by atoms with Crippen LogP contribution in [0.4, 0.5) is 24.0 Å². The molecule has 2 aromatic carbocycles. The molecule has 0 aliphatic heterocycles. The number of halogens is 4. The van der Waals surface area contributed by atoms with Gasteiger partial charge in [-0.15, -0.1) is 11.3 Å². The lowest BCUT2D eigenvalue weighted by molar-refractivity contribution is -0.137. The predicted octanol–water partition coefficient (Wildman–Crippen LogP) is 5.36. The minimum atomic E-state index is -4.44. The summed E-state index contributed by atoms with van der Waals surface area (Å²) in [5, 5.41) is 18.5. The molecule has 33 heavy (non-hydrogen) atoms. The third-order valence-corrected chi connectivity index (χ3v) is 5.18. The third-order valence-electron chi connectivity index (χ3n) is 4.09. The Hall–Kier alpha value is -3.31. The van der Waals surface area contributed by atoms with E-state index in [4.69, 9.17) is 16.3 Å². The zero-order valence-electron chi connectivity index (χ0n) is 17.1. The number of thiazole rings is 1. The van der Waals surface area contributed by atoms with E-state index < -0.39 is 17.6 Å². The van der Waals surface area contributed by atoms with Crippen molar-refractivity contribution in [3.8, 4) is 11.5 Å². The number of hydrogen-bond acceptors (Lipinski definition) is 7. The second kappa shape index (κ2) is 10.5. The molecular weight excluding hydrogens is 481 g/mol. The summed E-state index contributed by atoms with van der Waals surface area (Å²) in [6.45, 7) is 2.09. The molecule has 0 atom stereocenters. The van der Waals surface area contributed by atoms with Gasteiger partial charge in [0.05, 0.1) is 35.5 Å². The fourth-order valence-corrected chi connectivity index (χ4v) is 3.61. The van der Waals surface area contributed by atoms with E-state index in [9.17, 15) is 23.1 Å². The molecule has 0 fully saturated rings. The van der Waals surface area contributed by atoms with E-state index in [1.165, 1.54) is 30.5 Å². The lowest BCUT2D eigenvalue weighted by Gasteiger charge is -2.08. The van der Waals surface area contributed by atoms with E-state index >= 15 is 0 Å². The van der Waals surface area contributed by atoms with Gasteiger partial charge < -0.3 is 15.2 Å². The van der Waals surface area contributed by atoms with E-state index in [0.29, 0.717) is 23.0 Å². The number of nitrogens with one attached hydrogen (secondary N) is 2. The Morgan fingerprint density at radius 1 is 1.33 bits per heavy atom. The molecular formula is C21H18ClF3N4O3S. The number of phenols is 1. The maximum atomic E-state index is 12.8. The fraction of sp³-hybridized carbons (Fsp3) is 0.190. The van der Waals surface area contributed by atoms with E-state index in [2.05, 4.69) is 20.8 Å². The van der Waals surface area contributed by atoms with Crippen LogP contribution < -0.4 is 15.5 Å². The minimum Gasteiger partial charge on any atom is -0.503 e. The van der Waals surface area contributed by atoms with Crippen LogP contribution in [-0.4, -0.2) is 28.8 Å². The average Bonchev–Trinajstić information content (AvgIpc) is 3.18. The Kier molecular flexibility index (Phi) is 7.77. The molecule has 0 saturated heterocycles. The van der Waals surface area contributed by atoms with Crippen LogP contribution in [0.3, 0.4) is 0 Å². The number of anilines is 2. The smallest absolute Gasteiger partial charge is 0.416 e. The number of carbonyl (C=O) groups is 1. The number of benzene rings is 2. The van der Waals surface area contributed by atoms with Crippen molar-refractivity contribution in [2.75, 3.05) is 11.9 Å². The Labute approximate surface area is 195 Å². The maximum Gasteiger partial charge on any atom is 0.416 e. The van der Waals surface area contributed by atoms with Crippen LogP contribution in [-0.2, 0) is 17.4 Å². The molecule has 174 valence electrons. The number of aromatic nitrogens is 1. The molecule has 7 nitrogen and oxygen atoms in total. The number of hydrogen-bond donors (Lipinski definition) is 3. The van der Waals surface area contributed by atoms with E-state index in [1.54, 1.807) is 12.3 Å². The van der Waals surface area contributed by atoms with Crippen molar-refractivity contribution in [3.05, 3.63) is 63.6 Å². The molecule has 0 spiro atoms. The maximum absolute atomic E-state index is 12.8. The summed E-state index contributed by atoms with van der Waals surface area (Å²) < 4.78 is 43.8. The fourth-order valence-electron chi connectivity index (χ4n) is 2.66. The first-order valence-electron chi connectivity index (χ1n) is 9.51. The summed E-state index contributed by atoms with van der Waals surface area (Å²) in [7, 11) is 0. The lowest BCUT2D eigenvalue weighted by atomic mass is 10.2. The summed E-state index contributed by atoms with van der Waals surface area (Å²) in [5.74, 6) is -0.434. The molecule has 0 saturated carbocycles. The topological polar surface area (TPSA) is 95.8 Å². The van der Waals surface area contributed by atoms with Gasteiger partial charge in [-0.1, -0.05) is 17.7 Å². The second-order valence-corrected chi connectivity index (χ2v) is 7.87. The molecule has 1 heterocycles. The molecule has 0 bridgehead atoms. The largest absolute Gasteiger partial charge is 0.503 e. The van der Waals surface area contributed by atoms with Gasteiger partial charge in [0.2, 0.25) is 5.91 Å². The Balaban J connectivity index is 1.57. The van der Waals surface area contributed by atoms with Crippen molar-refractivity contribution < 1.29 is 27.8 Å². The van der Waals surface area contributed by atoms with Gasteiger partial charge in [-0.25, -0.2) is 10.4 Å². The van der Waals surface area contributed by atoms with Crippen LogP contribution in [0, 0.1) is 0 Å². The first-order valence-corrected chi connectivity index (χ1v) is 10.8. The van der Waals surface area contributed by atoms with E-state index in [0.717, 1.165) is 23.5 Å². The summed E-state index contributed by atoms with van der Waals surface area (Å²) >= 11 is 7.10. The Morgan fingerprint density at radius 2 is 2.12 bits per heavy atom. The Morgan fingerprint density at radius 3 is 2.85 bits per heavy atom. The summed E-state index contributed by atoms with van der Waals surface area (Å²) in [4.78, 5) is 16.3. The first-order chi connectivity index (χ1) is 15.7. The highest BCUT2D eigenvalue weighted by Gasteiger charge is 2.30. The van der Waals surface area contributed by atoms with Crippen LogP contribution in [0.25, 0.3) is 0 Å². The number of phenolic OH excluding ortho intramolecular Hbond substituents is 1. The zero-order chi connectivity index (χ0) is 24.0. The molecule has 3 N–H and O–H groups in total. The molecule has 12 heteroatoms.